The first kappa shape index (κ1) is 8.79. The van der Waals surface area contributed by atoms with Crippen LogP contribution >= 0.6 is 0 Å². The first-order valence-corrected chi connectivity index (χ1v) is 4.60. The van der Waals surface area contributed by atoms with Gasteiger partial charge >= 0.3 is 0 Å². The molecule has 0 bridgehead atoms. The predicted molar refractivity (Wildman–Crippen MR) is 49.2 cm³/mol. The predicted octanol–water partition coefficient (Wildman–Crippen LogP) is 2.18. The highest BCUT2D eigenvalue weighted by Crippen LogP contribution is 2.30. The molecule has 0 spiro atoms. The molecule has 0 aromatic carbocycles. The minimum atomic E-state index is 0.285. The van der Waals surface area contributed by atoms with Gasteiger partial charge in [0.05, 0.1) is 0 Å². The molecule has 0 fully saturated rings. The molecule has 4 atom stereocenters. The van der Waals surface area contributed by atoms with Crippen molar-refractivity contribution in [3.63, 3.8) is 0 Å². The van der Waals surface area contributed by atoms with E-state index < -0.39 is 0 Å². The van der Waals surface area contributed by atoms with Gasteiger partial charge in [-0.05, 0) is 24.2 Å². The smallest absolute Gasteiger partial charge is 0.0252 e. The van der Waals surface area contributed by atoms with Crippen LogP contribution in [-0.2, 0) is 0 Å². The molecule has 1 nitrogen and oxygen atoms in total. The molecule has 1 aliphatic rings. The number of hydrogen-bond donors (Lipinski definition) is 1. The Morgan fingerprint density at radius 1 is 1.18 bits per heavy atom. The third-order valence-electron chi connectivity index (χ3n) is 3.16. The van der Waals surface area contributed by atoms with E-state index in [1.807, 2.05) is 0 Å². The van der Waals surface area contributed by atoms with Crippen molar-refractivity contribution in [2.45, 2.75) is 33.2 Å². The van der Waals surface area contributed by atoms with Crippen LogP contribution in [0, 0.1) is 17.8 Å². The van der Waals surface area contributed by atoms with Crippen molar-refractivity contribution in [2.24, 2.45) is 23.5 Å². The van der Waals surface area contributed by atoms with Crippen LogP contribution in [0.1, 0.15) is 27.2 Å². The Morgan fingerprint density at radius 3 is 2.36 bits per heavy atom. The maximum Gasteiger partial charge on any atom is 0.0252 e. The van der Waals surface area contributed by atoms with Crippen LogP contribution in [-0.4, -0.2) is 6.04 Å². The number of allylic oxidation sites excluding steroid dienone is 1. The molecule has 0 saturated heterocycles. The molecule has 0 aromatic heterocycles. The highest BCUT2D eigenvalue weighted by Gasteiger charge is 2.26. The average molecular weight is 153 g/mol. The quantitative estimate of drug-likeness (QED) is 0.574. The van der Waals surface area contributed by atoms with E-state index in [0.717, 1.165) is 11.8 Å². The van der Waals surface area contributed by atoms with Gasteiger partial charge in [0.2, 0.25) is 0 Å². The molecular weight excluding hydrogens is 134 g/mol. The summed E-state index contributed by atoms with van der Waals surface area (Å²) in [5, 5.41) is 0. The van der Waals surface area contributed by atoms with Crippen molar-refractivity contribution in [2.75, 3.05) is 0 Å². The van der Waals surface area contributed by atoms with Gasteiger partial charge in [-0.15, -0.1) is 0 Å². The van der Waals surface area contributed by atoms with Crippen molar-refractivity contribution in [1.29, 1.82) is 0 Å². The third kappa shape index (κ3) is 1.64. The Kier molecular flexibility index (Phi) is 2.72. The minimum Gasteiger partial charge on any atom is -0.324 e. The summed E-state index contributed by atoms with van der Waals surface area (Å²) in [6, 6.07) is 0.285. The first-order valence-electron chi connectivity index (χ1n) is 4.60. The van der Waals surface area contributed by atoms with E-state index in [2.05, 4.69) is 32.9 Å². The SMILES string of the molecule is CCC1C=CC(N)C(C)C1C. The van der Waals surface area contributed by atoms with Crippen LogP contribution in [0.4, 0.5) is 0 Å². The molecule has 2 N–H and O–H groups in total. The average Bonchev–Trinajstić information content (AvgIpc) is 2.01. The van der Waals surface area contributed by atoms with Gasteiger partial charge in [-0.3, -0.25) is 0 Å². The lowest BCUT2D eigenvalue weighted by molar-refractivity contribution is 0.261. The van der Waals surface area contributed by atoms with Crippen LogP contribution in [0.3, 0.4) is 0 Å². The second-order valence-corrected chi connectivity index (χ2v) is 3.75. The molecule has 1 heteroatoms. The van der Waals surface area contributed by atoms with Crippen LogP contribution < -0.4 is 5.73 Å². The Labute approximate surface area is 69.7 Å². The summed E-state index contributed by atoms with van der Waals surface area (Å²) in [5.74, 6) is 2.15. The highest BCUT2D eigenvalue weighted by atomic mass is 14.6. The number of hydrogen-bond acceptors (Lipinski definition) is 1. The third-order valence-corrected chi connectivity index (χ3v) is 3.16. The first-order chi connectivity index (χ1) is 5.16. The van der Waals surface area contributed by atoms with E-state index in [4.69, 9.17) is 5.73 Å². The van der Waals surface area contributed by atoms with E-state index in [1.54, 1.807) is 0 Å². The zero-order valence-corrected chi connectivity index (χ0v) is 7.75. The van der Waals surface area contributed by atoms with E-state index in [-0.39, 0.29) is 6.04 Å². The molecular formula is C10H19N. The summed E-state index contributed by atoms with van der Waals surface area (Å²) in [4.78, 5) is 0. The summed E-state index contributed by atoms with van der Waals surface area (Å²) in [5.41, 5.74) is 5.90. The second-order valence-electron chi connectivity index (χ2n) is 3.75. The molecule has 0 aromatic rings. The van der Waals surface area contributed by atoms with Crippen molar-refractivity contribution in [1.82, 2.24) is 0 Å². The lowest BCUT2D eigenvalue weighted by atomic mass is 9.75. The summed E-state index contributed by atoms with van der Waals surface area (Å²) in [6.07, 6.45) is 5.70. The van der Waals surface area contributed by atoms with E-state index >= 15 is 0 Å². The van der Waals surface area contributed by atoms with Gasteiger partial charge in [-0.2, -0.15) is 0 Å². The summed E-state index contributed by atoms with van der Waals surface area (Å²) < 4.78 is 0. The normalized spacial score (nSPS) is 44.4. The fraction of sp³-hybridized carbons (Fsp3) is 0.800. The molecule has 11 heavy (non-hydrogen) atoms. The van der Waals surface area contributed by atoms with Gasteiger partial charge in [0.15, 0.2) is 0 Å². The van der Waals surface area contributed by atoms with Crippen LogP contribution in [0.2, 0.25) is 0 Å². The molecule has 0 amide bonds. The maximum atomic E-state index is 5.90. The fourth-order valence-electron chi connectivity index (χ4n) is 1.87. The van der Waals surface area contributed by atoms with Gasteiger partial charge in [0.1, 0.15) is 0 Å². The number of nitrogens with two attached hydrogens (primary N) is 1. The van der Waals surface area contributed by atoms with Crippen LogP contribution in [0.15, 0.2) is 12.2 Å². The monoisotopic (exact) mass is 153 g/mol. The van der Waals surface area contributed by atoms with Gasteiger partial charge in [0.25, 0.3) is 0 Å². The zero-order valence-electron chi connectivity index (χ0n) is 7.75. The summed E-state index contributed by atoms with van der Waals surface area (Å²) in [7, 11) is 0. The zero-order chi connectivity index (χ0) is 8.43. The molecule has 0 radical (unpaired) electrons. The molecule has 0 aliphatic heterocycles. The van der Waals surface area contributed by atoms with Crippen LogP contribution in [0.25, 0.3) is 0 Å². The lowest BCUT2D eigenvalue weighted by Gasteiger charge is -2.33. The van der Waals surface area contributed by atoms with E-state index in [9.17, 15) is 0 Å². The Hall–Kier alpha value is -0.300. The molecule has 0 saturated carbocycles. The van der Waals surface area contributed by atoms with Gasteiger partial charge in [-0.1, -0.05) is 32.9 Å². The standard InChI is InChI=1S/C10H19N/c1-4-9-5-6-10(11)8(3)7(9)2/h5-10H,4,11H2,1-3H3. The van der Waals surface area contributed by atoms with Crippen molar-refractivity contribution >= 4 is 0 Å². The molecule has 4 unspecified atom stereocenters. The van der Waals surface area contributed by atoms with Crippen molar-refractivity contribution in [3.8, 4) is 0 Å². The number of rotatable bonds is 1. The van der Waals surface area contributed by atoms with Gasteiger partial charge in [-0.25, -0.2) is 0 Å². The lowest BCUT2D eigenvalue weighted by Crippen LogP contribution is -2.36. The maximum absolute atomic E-state index is 5.90. The highest BCUT2D eigenvalue weighted by molar-refractivity contribution is 5.05. The summed E-state index contributed by atoms with van der Waals surface area (Å²) in [6.45, 7) is 6.80. The topological polar surface area (TPSA) is 26.0 Å². The molecule has 64 valence electrons. The van der Waals surface area contributed by atoms with Crippen LogP contribution in [0.5, 0.6) is 0 Å². The van der Waals surface area contributed by atoms with E-state index in [1.165, 1.54) is 6.42 Å². The molecule has 0 heterocycles. The van der Waals surface area contributed by atoms with Gasteiger partial charge < -0.3 is 5.73 Å². The van der Waals surface area contributed by atoms with E-state index in [0.29, 0.717) is 5.92 Å². The molecule has 1 rings (SSSR count). The largest absolute Gasteiger partial charge is 0.324 e. The minimum absolute atomic E-state index is 0.285. The molecule has 1 aliphatic carbocycles. The van der Waals surface area contributed by atoms with Crippen molar-refractivity contribution in [3.05, 3.63) is 12.2 Å². The second kappa shape index (κ2) is 3.40. The van der Waals surface area contributed by atoms with Gasteiger partial charge in [0, 0.05) is 6.04 Å². The Balaban J connectivity index is 2.68. The Bertz CT molecular complexity index is 151. The Morgan fingerprint density at radius 2 is 1.82 bits per heavy atom. The summed E-state index contributed by atoms with van der Waals surface area (Å²) >= 11 is 0. The van der Waals surface area contributed by atoms with Crippen molar-refractivity contribution < 1.29 is 0 Å². The fourth-order valence-corrected chi connectivity index (χ4v) is 1.87.